The molecule has 0 aliphatic carbocycles. The number of piperidine rings is 1. The van der Waals surface area contributed by atoms with Crippen LogP contribution in [0.25, 0.3) is 16.8 Å². The van der Waals surface area contributed by atoms with Gasteiger partial charge in [0.2, 0.25) is 5.78 Å². The van der Waals surface area contributed by atoms with Crippen LogP contribution in [0.5, 0.6) is 0 Å². The van der Waals surface area contributed by atoms with Crippen molar-refractivity contribution in [2.75, 3.05) is 18.0 Å². The number of nitrogens with zero attached hydrogens (tertiary/aromatic N) is 4. The minimum Gasteiger partial charge on any atom is -0.351 e. The second kappa shape index (κ2) is 4.65. The summed E-state index contributed by atoms with van der Waals surface area (Å²) in [6.07, 6.45) is -0.468. The fourth-order valence-electron chi connectivity index (χ4n) is 2.88. The van der Waals surface area contributed by atoms with Gasteiger partial charge in [0.05, 0.1) is 24.1 Å². The molecule has 1 fully saturated rings. The maximum absolute atomic E-state index is 13.5. The Kier molecular flexibility index (Phi) is 2.77. The predicted molar refractivity (Wildman–Crippen MR) is 77.1 cm³/mol. The number of hydrogen-bond acceptors (Lipinski definition) is 3. The smallest absolute Gasteiger partial charge is 0.236 e. The normalized spacial score (nSPS) is 23.0. The molecule has 0 radical (unpaired) electrons. The molecule has 108 valence electrons. The molecule has 3 aromatic rings. The summed E-state index contributed by atoms with van der Waals surface area (Å²) >= 11 is 0. The Morgan fingerprint density at radius 2 is 1.76 bits per heavy atom. The molecule has 2 aromatic heterocycles. The van der Waals surface area contributed by atoms with E-state index in [1.165, 1.54) is 0 Å². The SMILES string of the molecule is FC1CC(F)CN(c2ccn3c(n2)nc2ccccc23)C1. The molecule has 1 aliphatic rings. The molecular formula is C15H14F2N4. The summed E-state index contributed by atoms with van der Waals surface area (Å²) < 4.78 is 28.9. The van der Waals surface area contributed by atoms with Gasteiger partial charge in [0.25, 0.3) is 0 Å². The number of benzene rings is 1. The molecule has 0 amide bonds. The Balaban J connectivity index is 1.78. The Morgan fingerprint density at radius 3 is 2.57 bits per heavy atom. The molecule has 3 heterocycles. The molecular weight excluding hydrogens is 274 g/mol. The van der Waals surface area contributed by atoms with E-state index in [-0.39, 0.29) is 19.5 Å². The zero-order chi connectivity index (χ0) is 14.4. The van der Waals surface area contributed by atoms with Crippen molar-refractivity contribution in [2.45, 2.75) is 18.8 Å². The third-order valence-electron chi connectivity index (χ3n) is 3.84. The molecule has 4 rings (SSSR count). The highest BCUT2D eigenvalue weighted by Gasteiger charge is 2.27. The fourth-order valence-corrected chi connectivity index (χ4v) is 2.88. The van der Waals surface area contributed by atoms with Crippen LogP contribution in [0.2, 0.25) is 0 Å². The highest BCUT2D eigenvalue weighted by molar-refractivity contribution is 5.79. The first-order valence-corrected chi connectivity index (χ1v) is 6.97. The van der Waals surface area contributed by atoms with E-state index in [0.717, 1.165) is 11.0 Å². The van der Waals surface area contributed by atoms with Crippen LogP contribution in [0, 0.1) is 0 Å². The van der Waals surface area contributed by atoms with Crippen LogP contribution in [-0.4, -0.2) is 39.8 Å². The van der Waals surface area contributed by atoms with E-state index in [1.807, 2.05) is 34.9 Å². The van der Waals surface area contributed by atoms with Gasteiger partial charge < -0.3 is 4.90 Å². The Hall–Kier alpha value is -2.24. The number of aromatic nitrogens is 3. The lowest BCUT2D eigenvalue weighted by Gasteiger charge is -2.31. The molecule has 6 heteroatoms. The van der Waals surface area contributed by atoms with Crippen molar-refractivity contribution in [3.05, 3.63) is 36.5 Å². The van der Waals surface area contributed by atoms with Gasteiger partial charge in [-0.2, -0.15) is 4.98 Å². The zero-order valence-corrected chi connectivity index (χ0v) is 11.3. The minimum absolute atomic E-state index is 0.0218. The van der Waals surface area contributed by atoms with E-state index in [4.69, 9.17) is 0 Å². The second-order valence-corrected chi connectivity index (χ2v) is 5.39. The summed E-state index contributed by atoms with van der Waals surface area (Å²) in [7, 11) is 0. The number of halogens is 2. The van der Waals surface area contributed by atoms with E-state index in [1.54, 1.807) is 11.0 Å². The van der Waals surface area contributed by atoms with Gasteiger partial charge in [-0.3, -0.25) is 4.40 Å². The number of alkyl halides is 2. The Bertz CT molecular complexity index is 791. The summed E-state index contributed by atoms with van der Waals surface area (Å²) in [4.78, 5) is 10.5. The van der Waals surface area contributed by atoms with E-state index >= 15 is 0 Å². The largest absolute Gasteiger partial charge is 0.351 e. The minimum atomic E-state index is -1.15. The number of rotatable bonds is 1. The van der Waals surface area contributed by atoms with Gasteiger partial charge in [0, 0.05) is 12.6 Å². The zero-order valence-electron chi connectivity index (χ0n) is 11.3. The fraction of sp³-hybridized carbons (Fsp3) is 0.333. The van der Waals surface area contributed by atoms with Gasteiger partial charge in [-0.1, -0.05) is 12.1 Å². The second-order valence-electron chi connectivity index (χ2n) is 5.39. The summed E-state index contributed by atoms with van der Waals surface area (Å²) in [6, 6.07) is 9.52. The molecule has 0 N–H and O–H groups in total. The predicted octanol–water partition coefficient (Wildman–Crippen LogP) is 2.77. The molecule has 0 spiro atoms. The summed E-state index contributed by atoms with van der Waals surface area (Å²) in [6.45, 7) is 0.369. The molecule has 0 bridgehead atoms. The number of anilines is 1. The average Bonchev–Trinajstić information content (AvgIpc) is 2.83. The van der Waals surface area contributed by atoms with Crippen LogP contribution in [-0.2, 0) is 0 Å². The van der Waals surface area contributed by atoms with Crippen LogP contribution in [0.4, 0.5) is 14.6 Å². The van der Waals surface area contributed by atoms with Crippen LogP contribution < -0.4 is 4.90 Å². The van der Waals surface area contributed by atoms with Gasteiger partial charge >= 0.3 is 0 Å². The van der Waals surface area contributed by atoms with Crippen molar-refractivity contribution in [2.24, 2.45) is 0 Å². The molecule has 1 aliphatic heterocycles. The van der Waals surface area contributed by atoms with Crippen LogP contribution in [0.1, 0.15) is 6.42 Å². The molecule has 2 atom stereocenters. The van der Waals surface area contributed by atoms with E-state index in [2.05, 4.69) is 9.97 Å². The highest BCUT2D eigenvalue weighted by atomic mass is 19.1. The first kappa shape index (κ1) is 12.5. The van der Waals surface area contributed by atoms with Crippen molar-refractivity contribution in [3.63, 3.8) is 0 Å². The number of imidazole rings is 1. The van der Waals surface area contributed by atoms with Gasteiger partial charge in [0.1, 0.15) is 18.2 Å². The van der Waals surface area contributed by atoms with E-state index < -0.39 is 12.3 Å². The van der Waals surface area contributed by atoms with Crippen LogP contribution in [0.15, 0.2) is 36.5 Å². The molecule has 4 nitrogen and oxygen atoms in total. The molecule has 0 saturated carbocycles. The Labute approximate surface area is 120 Å². The summed E-state index contributed by atoms with van der Waals surface area (Å²) in [5, 5.41) is 0. The van der Waals surface area contributed by atoms with Crippen molar-refractivity contribution < 1.29 is 8.78 Å². The van der Waals surface area contributed by atoms with E-state index in [9.17, 15) is 8.78 Å². The van der Waals surface area contributed by atoms with Gasteiger partial charge in [-0.05, 0) is 18.2 Å². The number of para-hydroxylation sites is 2. The molecule has 2 unspecified atom stereocenters. The average molecular weight is 288 g/mol. The first-order valence-electron chi connectivity index (χ1n) is 6.97. The quantitative estimate of drug-likeness (QED) is 0.690. The molecule has 1 saturated heterocycles. The van der Waals surface area contributed by atoms with Crippen molar-refractivity contribution in [3.8, 4) is 0 Å². The molecule has 21 heavy (non-hydrogen) atoms. The number of hydrogen-bond donors (Lipinski definition) is 0. The summed E-state index contributed by atoms with van der Waals surface area (Å²) in [5.41, 5.74) is 1.82. The van der Waals surface area contributed by atoms with Crippen LogP contribution >= 0.6 is 0 Å². The van der Waals surface area contributed by atoms with Gasteiger partial charge in [0.15, 0.2) is 0 Å². The Morgan fingerprint density at radius 1 is 1.00 bits per heavy atom. The van der Waals surface area contributed by atoms with Crippen molar-refractivity contribution in [1.82, 2.24) is 14.4 Å². The van der Waals surface area contributed by atoms with Gasteiger partial charge in [-0.25, -0.2) is 13.8 Å². The topological polar surface area (TPSA) is 33.4 Å². The lowest BCUT2D eigenvalue weighted by atomic mass is 10.1. The lowest BCUT2D eigenvalue weighted by molar-refractivity contribution is 0.191. The van der Waals surface area contributed by atoms with Crippen molar-refractivity contribution in [1.29, 1.82) is 0 Å². The number of fused-ring (bicyclic) bond motifs is 3. The van der Waals surface area contributed by atoms with Crippen LogP contribution in [0.3, 0.4) is 0 Å². The third-order valence-corrected chi connectivity index (χ3v) is 3.84. The van der Waals surface area contributed by atoms with Crippen molar-refractivity contribution >= 4 is 22.6 Å². The monoisotopic (exact) mass is 288 g/mol. The van der Waals surface area contributed by atoms with Gasteiger partial charge in [-0.15, -0.1) is 0 Å². The molecule has 1 aromatic carbocycles. The maximum Gasteiger partial charge on any atom is 0.236 e. The lowest BCUT2D eigenvalue weighted by Crippen LogP contribution is -2.43. The van der Waals surface area contributed by atoms with E-state index in [0.29, 0.717) is 11.6 Å². The summed E-state index contributed by atoms with van der Waals surface area (Å²) in [5.74, 6) is 1.12. The maximum atomic E-state index is 13.5. The standard InChI is InChI=1S/C15H14F2N4/c16-10-7-11(17)9-20(8-10)14-5-6-21-13-4-2-1-3-12(13)18-15(21)19-14/h1-6,10-11H,7-9H2. The highest BCUT2D eigenvalue weighted by Crippen LogP contribution is 2.23. The third kappa shape index (κ3) is 2.11. The first-order chi connectivity index (χ1) is 10.2.